The summed E-state index contributed by atoms with van der Waals surface area (Å²) in [4.78, 5) is 28.9. The molecule has 0 aliphatic carbocycles. The molecule has 0 radical (unpaired) electrons. The summed E-state index contributed by atoms with van der Waals surface area (Å²) in [6.45, 7) is 7.91. The van der Waals surface area contributed by atoms with Crippen LogP contribution in [0.2, 0.25) is 0 Å². The van der Waals surface area contributed by atoms with E-state index in [1.54, 1.807) is 0 Å². The largest absolute Gasteiger partial charge is 0.343 e. The van der Waals surface area contributed by atoms with Crippen LogP contribution in [0.15, 0.2) is 54.6 Å². The molecule has 2 aromatic rings. The highest BCUT2D eigenvalue weighted by Crippen LogP contribution is 2.09. The lowest BCUT2D eigenvalue weighted by Crippen LogP contribution is -2.51. The quantitative estimate of drug-likeness (QED) is 0.824. The Hall–Kier alpha value is -2.92. The number of nitrogens with one attached hydrogen (secondary N) is 1. The second-order valence-corrected chi connectivity index (χ2v) is 7.55. The third-order valence-corrected chi connectivity index (χ3v) is 5.08. The average Bonchev–Trinajstić information content (AvgIpc) is 2.72. The van der Waals surface area contributed by atoms with Crippen molar-refractivity contribution in [1.82, 2.24) is 15.1 Å². The molecule has 0 unspecified atom stereocenters. The molecule has 5 heteroatoms. The Morgan fingerprint density at radius 2 is 1.62 bits per heavy atom. The van der Waals surface area contributed by atoms with Gasteiger partial charge in [-0.3, -0.25) is 14.5 Å². The van der Waals surface area contributed by atoms with Gasteiger partial charge in [0.2, 0.25) is 5.91 Å². The Kier molecular flexibility index (Phi) is 7.19. The van der Waals surface area contributed by atoms with Crippen molar-refractivity contribution < 1.29 is 9.59 Å². The van der Waals surface area contributed by atoms with E-state index >= 15 is 0 Å². The number of nitrogens with zero attached hydrogens (tertiary/aromatic N) is 2. The molecule has 1 aliphatic rings. The molecule has 0 saturated carbocycles. The average molecular weight is 392 g/mol. The molecular weight excluding hydrogens is 362 g/mol. The number of rotatable bonds is 6. The van der Waals surface area contributed by atoms with Gasteiger partial charge in [-0.1, -0.05) is 59.7 Å². The van der Waals surface area contributed by atoms with Crippen molar-refractivity contribution in [3.8, 4) is 0 Å². The number of carbonyl (C=O) groups is 2. The fourth-order valence-corrected chi connectivity index (χ4v) is 3.56. The van der Waals surface area contributed by atoms with Gasteiger partial charge in [-0.05, 0) is 31.5 Å². The molecule has 29 heavy (non-hydrogen) atoms. The summed E-state index contributed by atoms with van der Waals surface area (Å²) in [7, 11) is 0. The monoisotopic (exact) mass is 391 g/mol. The van der Waals surface area contributed by atoms with Crippen LogP contribution in [0.25, 0.3) is 6.08 Å². The molecule has 1 N–H and O–H groups in total. The smallest absolute Gasteiger partial charge is 0.251 e. The predicted octanol–water partition coefficient (Wildman–Crippen LogP) is 2.89. The van der Waals surface area contributed by atoms with E-state index in [2.05, 4.69) is 34.5 Å². The Labute approximate surface area is 173 Å². The summed E-state index contributed by atoms with van der Waals surface area (Å²) in [5, 5.41) is 2.76. The van der Waals surface area contributed by atoms with E-state index in [1.807, 2.05) is 55.1 Å². The molecule has 0 bridgehead atoms. The zero-order chi connectivity index (χ0) is 20.6. The van der Waals surface area contributed by atoms with Crippen LogP contribution in [-0.2, 0) is 4.79 Å². The number of hydrogen-bond acceptors (Lipinski definition) is 3. The van der Waals surface area contributed by atoms with Crippen LogP contribution in [0.4, 0.5) is 0 Å². The minimum Gasteiger partial charge on any atom is -0.343 e. The van der Waals surface area contributed by atoms with Gasteiger partial charge in [-0.25, -0.2) is 0 Å². The summed E-state index contributed by atoms with van der Waals surface area (Å²) >= 11 is 0. The van der Waals surface area contributed by atoms with Crippen molar-refractivity contribution >= 4 is 17.9 Å². The minimum absolute atomic E-state index is 0.0257. The minimum atomic E-state index is -0.199. The molecule has 5 nitrogen and oxygen atoms in total. The van der Waals surface area contributed by atoms with E-state index < -0.39 is 0 Å². The van der Waals surface area contributed by atoms with Crippen LogP contribution in [-0.4, -0.2) is 60.9 Å². The molecule has 152 valence electrons. The SMILES string of the molecule is Cc1cc(C)cc(C(=O)NCC(=O)N2CCN(C/C=C/c3ccccc3)CC2)c1. The topological polar surface area (TPSA) is 52.7 Å². The molecule has 0 aromatic heterocycles. The molecule has 3 rings (SSSR count). The number of carbonyl (C=O) groups excluding carboxylic acids is 2. The van der Waals surface area contributed by atoms with E-state index in [0.29, 0.717) is 18.7 Å². The number of benzene rings is 2. The molecule has 1 saturated heterocycles. The van der Waals surface area contributed by atoms with Crippen molar-refractivity contribution in [3.05, 3.63) is 76.9 Å². The van der Waals surface area contributed by atoms with Crippen LogP contribution in [0, 0.1) is 13.8 Å². The van der Waals surface area contributed by atoms with Crippen molar-refractivity contribution in [2.75, 3.05) is 39.3 Å². The second-order valence-electron chi connectivity index (χ2n) is 7.55. The molecule has 0 atom stereocenters. The van der Waals surface area contributed by atoms with Crippen molar-refractivity contribution in [1.29, 1.82) is 0 Å². The fraction of sp³-hybridized carbons (Fsp3) is 0.333. The number of amides is 2. The van der Waals surface area contributed by atoms with Gasteiger partial charge >= 0.3 is 0 Å². The third-order valence-electron chi connectivity index (χ3n) is 5.08. The maximum atomic E-state index is 12.5. The number of aryl methyl sites for hydroxylation is 2. The van der Waals surface area contributed by atoms with E-state index in [0.717, 1.165) is 30.8 Å². The van der Waals surface area contributed by atoms with Gasteiger partial charge in [0, 0.05) is 38.3 Å². The van der Waals surface area contributed by atoms with Gasteiger partial charge in [0.1, 0.15) is 0 Å². The van der Waals surface area contributed by atoms with Gasteiger partial charge in [-0.15, -0.1) is 0 Å². The van der Waals surface area contributed by atoms with Gasteiger partial charge in [0.25, 0.3) is 5.91 Å². The summed E-state index contributed by atoms with van der Waals surface area (Å²) in [6.07, 6.45) is 4.29. The summed E-state index contributed by atoms with van der Waals surface area (Å²) < 4.78 is 0. The molecule has 2 aromatic carbocycles. The Bertz CT molecular complexity index is 849. The van der Waals surface area contributed by atoms with Gasteiger partial charge < -0.3 is 10.2 Å². The standard InChI is InChI=1S/C24H29N3O2/c1-19-15-20(2)17-22(16-19)24(29)25-18-23(28)27-13-11-26(12-14-27)10-6-9-21-7-4-3-5-8-21/h3-9,15-17H,10-14,18H2,1-2H3,(H,25,29)/b9-6+. The summed E-state index contributed by atoms with van der Waals surface area (Å²) in [5.74, 6) is -0.225. The zero-order valence-electron chi connectivity index (χ0n) is 17.2. The first-order valence-corrected chi connectivity index (χ1v) is 10.1. The first-order chi connectivity index (χ1) is 14.0. The zero-order valence-corrected chi connectivity index (χ0v) is 17.2. The van der Waals surface area contributed by atoms with E-state index in [9.17, 15) is 9.59 Å². The van der Waals surface area contributed by atoms with E-state index in [-0.39, 0.29) is 18.4 Å². The highest BCUT2D eigenvalue weighted by molar-refractivity contribution is 5.96. The number of piperazine rings is 1. The number of hydrogen-bond donors (Lipinski definition) is 1. The van der Waals surface area contributed by atoms with Crippen LogP contribution in [0.5, 0.6) is 0 Å². The maximum absolute atomic E-state index is 12.5. The summed E-state index contributed by atoms with van der Waals surface area (Å²) in [5.41, 5.74) is 3.88. The molecule has 1 aliphatic heterocycles. The van der Waals surface area contributed by atoms with Crippen molar-refractivity contribution in [3.63, 3.8) is 0 Å². The van der Waals surface area contributed by atoms with Crippen LogP contribution < -0.4 is 5.32 Å². The first kappa shape index (κ1) is 20.8. The second kappa shape index (κ2) is 10.0. The lowest BCUT2D eigenvalue weighted by molar-refractivity contribution is -0.131. The molecule has 1 fully saturated rings. The van der Waals surface area contributed by atoms with Gasteiger partial charge in [-0.2, -0.15) is 0 Å². The predicted molar refractivity (Wildman–Crippen MR) is 117 cm³/mol. The van der Waals surface area contributed by atoms with Crippen LogP contribution in [0.3, 0.4) is 0 Å². The first-order valence-electron chi connectivity index (χ1n) is 10.1. The lowest BCUT2D eigenvalue weighted by atomic mass is 10.1. The Morgan fingerprint density at radius 1 is 0.966 bits per heavy atom. The van der Waals surface area contributed by atoms with Crippen molar-refractivity contribution in [2.24, 2.45) is 0 Å². The third kappa shape index (κ3) is 6.29. The van der Waals surface area contributed by atoms with Gasteiger partial charge in [0.05, 0.1) is 6.54 Å². The van der Waals surface area contributed by atoms with E-state index in [1.165, 1.54) is 5.56 Å². The Morgan fingerprint density at radius 3 is 2.28 bits per heavy atom. The maximum Gasteiger partial charge on any atom is 0.251 e. The molecular formula is C24H29N3O2. The lowest BCUT2D eigenvalue weighted by Gasteiger charge is -2.34. The molecule has 2 amide bonds. The highest BCUT2D eigenvalue weighted by atomic mass is 16.2. The molecule has 0 spiro atoms. The van der Waals surface area contributed by atoms with Crippen LogP contribution >= 0.6 is 0 Å². The Balaban J connectivity index is 1.40. The normalized spacial score (nSPS) is 14.9. The van der Waals surface area contributed by atoms with Gasteiger partial charge in [0.15, 0.2) is 0 Å². The van der Waals surface area contributed by atoms with Crippen molar-refractivity contribution in [2.45, 2.75) is 13.8 Å². The highest BCUT2D eigenvalue weighted by Gasteiger charge is 2.20. The summed E-state index contributed by atoms with van der Waals surface area (Å²) in [6, 6.07) is 15.9. The van der Waals surface area contributed by atoms with E-state index in [4.69, 9.17) is 0 Å². The fourth-order valence-electron chi connectivity index (χ4n) is 3.56. The van der Waals surface area contributed by atoms with Crippen LogP contribution in [0.1, 0.15) is 27.0 Å². The molecule has 1 heterocycles.